The minimum Gasteiger partial charge on any atom is -0.494 e. The number of nitrogens with zero attached hydrogens (tertiary/aromatic N) is 4. The zero-order valence-corrected chi connectivity index (χ0v) is 25.8. The molecule has 0 bridgehead atoms. The molecule has 4 aromatic carbocycles. The predicted octanol–water partition coefficient (Wildman–Crippen LogP) is 6.90. The van der Waals surface area contributed by atoms with Gasteiger partial charge in [0.2, 0.25) is 15.2 Å². The molecule has 220 valence electrons. The molecule has 10 heteroatoms. The first-order valence-electron chi connectivity index (χ1n) is 13.9. The second-order valence-corrected chi connectivity index (χ2v) is 12.7. The van der Waals surface area contributed by atoms with Crippen molar-refractivity contribution in [2.75, 3.05) is 18.2 Å². The number of thiazole rings is 1. The Balaban J connectivity index is 1.44. The Morgan fingerprint density at radius 2 is 1.67 bits per heavy atom. The maximum Gasteiger partial charge on any atom is 0.280 e. The predicted molar refractivity (Wildman–Crippen MR) is 173 cm³/mol. The molecule has 0 atom stereocenters. The van der Waals surface area contributed by atoms with Crippen LogP contribution in [0.4, 0.5) is 5.13 Å². The fourth-order valence-electron chi connectivity index (χ4n) is 4.43. The lowest BCUT2D eigenvalue weighted by Crippen LogP contribution is -2.30. The molecule has 0 aliphatic carbocycles. The van der Waals surface area contributed by atoms with E-state index in [0.717, 1.165) is 32.7 Å². The van der Waals surface area contributed by atoms with Crippen LogP contribution in [0.2, 0.25) is 0 Å². The van der Waals surface area contributed by atoms with Gasteiger partial charge in [-0.05, 0) is 91.2 Å². The molecule has 0 N–H and O–H groups in total. The summed E-state index contributed by atoms with van der Waals surface area (Å²) in [6.45, 7) is 6.86. The molecule has 1 amide bonds. The van der Waals surface area contributed by atoms with Crippen LogP contribution in [0.25, 0.3) is 10.2 Å². The molecule has 43 heavy (non-hydrogen) atoms. The van der Waals surface area contributed by atoms with Crippen molar-refractivity contribution in [3.63, 3.8) is 0 Å². The van der Waals surface area contributed by atoms with Gasteiger partial charge in [-0.15, -0.1) is 0 Å². The first-order valence-corrected chi connectivity index (χ1v) is 16.2. The van der Waals surface area contributed by atoms with Gasteiger partial charge in [0.05, 0.1) is 27.9 Å². The Morgan fingerprint density at radius 1 is 0.953 bits per heavy atom. The number of hydrazone groups is 1. The number of anilines is 1. The molecule has 5 aromatic rings. The van der Waals surface area contributed by atoms with E-state index in [1.165, 1.54) is 44.9 Å². The molecule has 8 nitrogen and oxygen atoms in total. The Hall–Kier alpha value is -4.38. The van der Waals surface area contributed by atoms with Gasteiger partial charge in [-0.3, -0.25) is 4.79 Å². The van der Waals surface area contributed by atoms with Crippen LogP contribution in [-0.2, 0) is 16.6 Å². The topological polar surface area (TPSA) is 92.2 Å². The maximum atomic E-state index is 13.8. The van der Waals surface area contributed by atoms with Crippen LogP contribution in [-0.4, -0.2) is 43.0 Å². The van der Waals surface area contributed by atoms with E-state index in [0.29, 0.717) is 18.3 Å². The number of fused-ring (bicyclic) bond motifs is 1. The monoisotopic (exact) mass is 612 g/mol. The van der Waals surface area contributed by atoms with E-state index in [1.54, 1.807) is 13.1 Å². The first-order chi connectivity index (χ1) is 20.8. The number of ether oxygens (including phenoxy) is 1. The van der Waals surface area contributed by atoms with Crippen molar-refractivity contribution in [2.45, 2.75) is 32.2 Å². The van der Waals surface area contributed by atoms with Gasteiger partial charge in [0.1, 0.15) is 5.75 Å². The standard InChI is InChI=1S/C33H32N4O4S2/c1-4-36(23-26-9-7-6-8-10-26)43(39,40)29-18-14-27(15-19-29)32(38)37(33-35-30-20-11-24(3)21-31(30)42-33)34-22-25-12-16-28(17-13-25)41-5-2/h6-22H,4-5,23H2,1-3H3/b34-22+. The highest BCUT2D eigenvalue weighted by molar-refractivity contribution is 7.89. The lowest BCUT2D eigenvalue weighted by molar-refractivity contribution is 0.0987. The number of benzene rings is 4. The van der Waals surface area contributed by atoms with Crippen LogP contribution < -0.4 is 9.75 Å². The van der Waals surface area contributed by atoms with Crippen molar-refractivity contribution in [1.82, 2.24) is 9.29 Å². The number of amides is 1. The van der Waals surface area contributed by atoms with Crippen molar-refractivity contribution in [2.24, 2.45) is 5.10 Å². The van der Waals surface area contributed by atoms with E-state index in [9.17, 15) is 13.2 Å². The largest absolute Gasteiger partial charge is 0.494 e. The lowest BCUT2D eigenvalue weighted by atomic mass is 10.2. The van der Waals surface area contributed by atoms with Gasteiger partial charge < -0.3 is 4.74 Å². The Morgan fingerprint density at radius 3 is 2.35 bits per heavy atom. The zero-order valence-electron chi connectivity index (χ0n) is 24.2. The van der Waals surface area contributed by atoms with Crippen molar-refractivity contribution in [3.05, 3.63) is 119 Å². The second kappa shape index (κ2) is 13.3. The zero-order chi connectivity index (χ0) is 30.4. The lowest BCUT2D eigenvalue weighted by Gasteiger charge is -2.21. The number of carbonyl (C=O) groups is 1. The molecule has 5 rings (SSSR count). The number of sulfonamides is 1. The summed E-state index contributed by atoms with van der Waals surface area (Å²) in [5, 5.41) is 6.20. The summed E-state index contributed by atoms with van der Waals surface area (Å²) < 4.78 is 34.8. The average Bonchev–Trinajstić information content (AvgIpc) is 3.44. The summed E-state index contributed by atoms with van der Waals surface area (Å²) in [6, 6.07) is 28.7. The highest BCUT2D eigenvalue weighted by Crippen LogP contribution is 2.31. The second-order valence-electron chi connectivity index (χ2n) is 9.77. The van der Waals surface area contributed by atoms with Crippen molar-refractivity contribution >= 4 is 48.8 Å². The molecule has 1 heterocycles. The van der Waals surface area contributed by atoms with Crippen molar-refractivity contribution in [3.8, 4) is 5.75 Å². The number of rotatable bonds is 11. The Labute approximate surface area is 255 Å². The van der Waals surface area contributed by atoms with E-state index in [-0.39, 0.29) is 17.0 Å². The highest BCUT2D eigenvalue weighted by atomic mass is 32.2. The van der Waals surface area contributed by atoms with Gasteiger partial charge in [0.15, 0.2) is 0 Å². The van der Waals surface area contributed by atoms with Crippen LogP contribution in [0.3, 0.4) is 0 Å². The molecule has 0 aliphatic rings. The number of aryl methyl sites for hydroxylation is 1. The van der Waals surface area contributed by atoms with E-state index in [4.69, 9.17) is 4.74 Å². The third-order valence-electron chi connectivity index (χ3n) is 6.71. The molecule has 0 unspecified atom stereocenters. The summed E-state index contributed by atoms with van der Waals surface area (Å²) in [7, 11) is -3.78. The van der Waals surface area contributed by atoms with E-state index in [1.807, 2.05) is 86.6 Å². The fourth-order valence-corrected chi connectivity index (χ4v) is 6.89. The number of hydrogen-bond donors (Lipinski definition) is 0. The molecule has 1 aromatic heterocycles. The molecule has 0 aliphatic heterocycles. The third kappa shape index (κ3) is 6.99. The van der Waals surface area contributed by atoms with Gasteiger partial charge in [0, 0.05) is 18.7 Å². The molecule has 0 saturated heterocycles. The molecular formula is C33H32N4O4S2. The molecule has 0 spiro atoms. The van der Waals surface area contributed by atoms with Crippen LogP contribution >= 0.6 is 11.3 Å². The van der Waals surface area contributed by atoms with E-state index in [2.05, 4.69) is 10.1 Å². The summed E-state index contributed by atoms with van der Waals surface area (Å²) in [5.74, 6) is 0.313. The maximum absolute atomic E-state index is 13.8. The molecule has 0 fully saturated rings. The Kier molecular flexibility index (Phi) is 9.30. The van der Waals surface area contributed by atoms with Gasteiger partial charge in [0.25, 0.3) is 5.91 Å². The molecular weight excluding hydrogens is 581 g/mol. The van der Waals surface area contributed by atoms with Crippen LogP contribution in [0.1, 0.15) is 40.9 Å². The van der Waals surface area contributed by atoms with Gasteiger partial charge >= 0.3 is 0 Å². The Bertz CT molecular complexity index is 1840. The molecule has 0 saturated carbocycles. The number of hydrogen-bond acceptors (Lipinski definition) is 7. The minimum atomic E-state index is -3.78. The smallest absolute Gasteiger partial charge is 0.280 e. The van der Waals surface area contributed by atoms with Gasteiger partial charge in [-0.2, -0.15) is 14.4 Å². The first kappa shape index (κ1) is 30.1. The summed E-state index contributed by atoms with van der Waals surface area (Å²) in [6.07, 6.45) is 1.59. The van der Waals surface area contributed by atoms with Crippen LogP contribution in [0.5, 0.6) is 5.75 Å². The van der Waals surface area contributed by atoms with Crippen molar-refractivity contribution in [1.29, 1.82) is 0 Å². The summed E-state index contributed by atoms with van der Waals surface area (Å²) in [4.78, 5) is 18.6. The van der Waals surface area contributed by atoms with Crippen LogP contribution in [0, 0.1) is 6.92 Å². The normalized spacial score (nSPS) is 11.8. The number of aromatic nitrogens is 1. The highest BCUT2D eigenvalue weighted by Gasteiger charge is 2.25. The quantitative estimate of drug-likeness (QED) is 0.120. The van der Waals surface area contributed by atoms with Gasteiger partial charge in [-0.25, -0.2) is 13.4 Å². The summed E-state index contributed by atoms with van der Waals surface area (Å²) in [5.41, 5.74) is 3.80. The van der Waals surface area contributed by atoms with Crippen molar-refractivity contribution < 1.29 is 17.9 Å². The third-order valence-corrected chi connectivity index (χ3v) is 9.64. The minimum absolute atomic E-state index is 0.113. The molecule has 0 radical (unpaired) electrons. The SMILES string of the molecule is CCOc1ccc(/C=N/N(C(=O)c2ccc(S(=O)(=O)N(CC)Cc3ccccc3)cc2)c2nc3ccc(C)cc3s2)cc1. The summed E-state index contributed by atoms with van der Waals surface area (Å²) >= 11 is 1.36. The number of carbonyl (C=O) groups excluding carboxylic acids is 1. The van der Waals surface area contributed by atoms with E-state index < -0.39 is 15.9 Å². The van der Waals surface area contributed by atoms with E-state index >= 15 is 0 Å². The van der Waals surface area contributed by atoms with Gasteiger partial charge in [-0.1, -0.05) is 54.7 Å². The average molecular weight is 613 g/mol. The fraction of sp³-hybridized carbons (Fsp3) is 0.182. The van der Waals surface area contributed by atoms with Crippen LogP contribution in [0.15, 0.2) is 107 Å².